The van der Waals surface area contributed by atoms with E-state index < -0.39 is 22.0 Å². The number of benzene rings is 1. The van der Waals surface area contributed by atoms with E-state index in [0.29, 0.717) is 0 Å². The lowest BCUT2D eigenvalue weighted by Crippen LogP contribution is -2.43. The predicted molar refractivity (Wildman–Crippen MR) is 67.3 cm³/mol. The maximum atomic E-state index is 10.6. The van der Waals surface area contributed by atoms with Crippen molar-refractivity contribution in [1.29, 1.82) is 0 Å². The summed E-state index contributed by atoms with van der Waals surface area (Å²) in [6, 6.07) is 7.65. The SMILES string of the molecule is Cc1sc2ccccc2[n+]1CC(O)CS(=O)(=O)[O-]. The average molecular weight is 287 g/mol. The van der Waals surface area contributed by atoms with Gasteiger partial charge in [0.1, 0.15) is 10.8 Å². The Bertz CT molecular complexity index is 663. The number of aromatic nitrogens is 1. The predicted octanol–water partition coefficient (Wildman–Crippen LogP) is 0.403. The zero-order valence-electron chi connectivity index (χ0n) is 9.74. The highest BCUT2D eigenvalue weighted by atomic mass is 32.2. The lowest BCUT2D eigenvalue weighted by molar-refractivity contribution is -0.679. The molecule has 0 aliphatic carbocycles. The minimum Gasteiger partial charge on any atom is -0.748 e. The number of fused-ring (bicyclic) bond motifs is 1. The van der Waals surface area contributed by atoms with Crippen LogP contribution in [0.4, 0.5) is 0 Å². The second-order valence-electron chi connectivity index (χ2n) is 4.08. The van der Waals surface area contributed by atoms with Crippen LogP contribution in [0.2, 0.25) is 0 Å². The Kier molecular flexibility index (Phi) is 3.67. The normalized spacial score (nSPS) is 13.9. The molecule has 0 bridgehead atoms. The van der Waals surface area contributed by atoms with Gasteiger partial charge in [-0.25, -0.2) is 8.42 Å². The molecular formula is C11H13NO4S2. The van der Waals surface area contributed by atoms with E-state index >= 15 is 0 Å². The van der Waals surface area contributed by atoms with Crippen LogP contribution in [0, 0.1) is 6.92 Å². The molecule has 0 radical (unpaired) electrons. The number of thiazole rings is 1. The van der Waals surface area contributed by atoms with Gasteiger partial charge in [0, 0.05) is 13.0 Å². The third-order valence-electron chi connectivity index (χ3n) is 2.58. The van der Waals surface area contributed by atoms with Crippen LogP contribution < -0.4 is 4.57 Å². The number of aryl methyl sites for hydroxylation is 1. The molecule has 0 aliphatic heterocycles. The maximum Gasteiger partial charge on any atom is 0.235 e. The van der Waals surface area contributed by atoms with Crippen LogP contribution in [-0.4, -0.2) is 29.9 Å². The van der Waals surface area contributed by atoms with Gasteiger partial charge in [0.25, 0.3) is 0 Å². The number of aliphatic hydroxyl groups is 1. The van der Waals surface area contributed by atoms with Gasteiger partial charge in [-0.15, -0.1) is 0 Å². The Balaban J connectivity index is 2.29. The first-order chi connectivity index (χ1) is 8.37. The summed E-state index contributed by atoms with van der Waals surface area (Å²) in [5.41, 5.74) is 0.933. The summed E-state index contributed by atoms with van der Waals surface area (Å²) in [4.78, 5) is 0. The fourth-order valence-corrected chi connectivity index (χ4v) is 3.48. The highest BCUT2D eigenvalue weighted by molar-refractivity contribution is 7.85. The molecule has 1 N–H and O–H groups in total. The lowest BCUT2D eigenvalue weighted by Gasteiger charge is -2.10. The third-order valence-corrected chi connectivity index (χ3v) is 4.46. The molecule has 1 aromatic heterocycles. The molecule has 2 rings (SSSR count). The maximum absolute atomic E-state index is 10.6. The number of nitrogens with zero attached hydrogens (tertiary/aromatic N) is 1. The number of para-hydroxylation sites is 1. The molecule has 2 aromatic rings. The van der Waals surface area contributed by atoms with E-state index in [0.717, 1.165) is 15.2 Å². The van der Waals surface area contributed by atoms with Crippen molar-refractivity contribution < 1.29 is 22.6 Å². The van der Waals surface area contributed by atoms with Crippen molar-refractivity contribution in [1.82, 2.24) is 0 Å². The summed E-state index contributed by atoms with van der Waals surface area (Å²) in [5.74, 6) is -0.760. The van der Waals surface area contributed by atoms with E-state index in [1.54, 1.807) is 11.3 Å². The number of aliphatic hydroxyl groups excluding tert-OH is 1. The second-order valence-corrected chi connectivity index (χ2v) is 6.76. The molecule has 0 saturated carbocycles. The molecule has 98 valence electrons. The zero-order valence-corrected chi connectivity index (χ0v) is 11.4. The third kappa shape index (κ3) is 3.05. The molecule has 18 heavy (non-hydrogen) atoms. The van der Waals surface area contributed by atoms with Crippen molar-refractivity contribution in [3.63, 3.8) is 0 Å². The number of rotatable bonds is 4. The summed E-state index contributed by atoms with van der Waals surface area (Å²) < 4.78 is 34.7. The van der Waals surface area contributed by atoms with Gasteiger partial charge in [0.2, 0.25) is 10.5 Å². The Morgan fingerprint density at radius 2 is 2.11 bits per heavy atom. The summed E-state index contributed by atoms with van der Waals surface area (Å²) in [5, 5.41) is 10.6. The van der Waals surface area contributed by atoms with Gasteiger partial charge in [-0.05, 0) is 6.07 Å². The van der Waals surface area contributed by atoms with E-state index in [9.17, 15) is 18.1 Å². The topological polar surface area (TPSA) is 81.3 Å². The van der Waals surface area contributed by atoms with E-state index in [1.165, 1.54) is 0 Å². The Morgan fingerprint density at radius 3 is 2.78 bits per heavy atom. The monoisotopic (exact) mass is 287 g/mol. The quantitative estimate of drug-likeness (QED) is 0.652. The molecule has 7 heteroatoms. The molecule has 0 amide bonds. The van der Waals surface area contributed by atoms with Gasteiger partial charge in [0.05, 0.1) is 15.9 Å². The Hall–Kier alpha value is -1.02. The molecule has 0 spiro atoms. The van der Waals surface area contributed by atoms with Gasteiger partial charge in [-0.3, -0.25) is 0 Å². The van der Waals surface area contributed by atoms with E-state index in [-0.39, 0.29) is 6.54 Å². The zero-order chi connectivity index (χ0) is 13.3. The van der Waals surface area contributed by atoms with Crippen molar-refractivity contribution in [2.45, 2.75) is 19.6 Å². The van der Waals surface area contributed by atoms with Gasteiger partial charge in [-0.1, -0.05) is 23.5 Å². The van der Waals surface area contributed by atoms with Crippen LogP contribution in [-0.2, 0) is 16.7 Å². The van der Waals surface area contributed by atoms with Crippen LogP contribution >= 0.6 is 11.3 Å². The van der Waals surface area contributed by atoms with Crippen LogP contribution in [0.25, 0.3) is 10.2 Å². The highest BCUT2D eigenvalue weighted by Crippen LogP contribution is 2.19. The highest BCUT2D eigenvalue weighted by Gasteiger charge is 2.21. The first kappa shape index (κ1) is 13.4. The fraction of sp³-hybridized carbons (Fsp3) is 0.364. The standard InChI is InChI=1S/C11H13NO4S2/c1-8-12(6-9(13)7-18(14,15)16)10-4-2-3-5-11(10)17-8/h2-5,9,13H,6-7H2,1H3. The molecule has 1 unspecified atom stereocenters. The summed E-state index contributed by atoms with van der Waals surface area (Å²) >= 11 is 1.56. The van der Waals surface area contributed by atoms with Crippen molar-refractivity contribution in [3.05, 3.63) is 29.3 Å². The van der Waals surface area contributed by atoms with Gasteiger partial charge in [-0.2, -0.15) is 4.57 Å². The average Bonchev–Trinajstić information content (AvgIpc) is 2.53. The smallest absolute Gasteiger partial charge is 0.235 e. The fourth-order valence-electron chi connectivity index (χ4n) is 1.88. The number of hydrogen-bond acceptors (Lipinski definition) is 5. The first-order valence-electron chi connectivity index (χ1n) is 5.36. The minimum absolute atomic E-state index is 0.108. The first-order valence-corrected chi connectivity index (χ1v) is 7.76. The van der Waals surface area contributed by atoms with E-state index in [1.807, 2.05) is 35.8 Å². The summed E-state index contributed by atoms with van der Waals surface area (Å²) in [6.07, 6.45) is -1.19. The molecule has 0 aliphatic rings. The molecule has 1 heterocycles. The summed E-state index contributed by atoms with van der Waals surface area (Å²) in [6.45, 7) is 2.00. The van der Waals surface area contributed by atoms with Crippen molar-refractivity contribution >= 4 is 31.7 Å². The second kappa shape index (κ2) is 4.93. The lowest BCUT2D eigenvalue weighted by atomic mass is 10.3. The molecule has 1 atom stereocenters. The minimum atomic E-state index is -4.40. The van der Waals surface area contributed by atoms with Crippen LogP contribution in [0.5, 0.6) is 0 Å². The van der Waals surface area contributed by atoms with E-state index in [2.05, 4.69) is 0 Å². The van der Waals surface area contributed by atoms with E-state index in [4.69, 9.17) is 0 Å². The van der Waals surface area contributed by atoms with Gasteiger partial charge >= 0.3 is 0 Å². The molecule has 1 aromatic carbocycles. The molecule has 5 nitrogen and oxygen atoms in total. The summed E-state index contributed by atoms with van der Waals surface area (Å²) in [7, 11) is -4.40. The van der Waals surface area contributed by atoms with Crippen molar-refractivity contribution in [2.75, 3.05) is 5.75 Å². The largest absolute Gasteiger partial charge is 0.748 e. The Morgan fingerprint density at radius 1 is 1.44 bits per heavy atom. The Labute approximate surface area is 109 Å². The van der Waals surface area contributed by atoms with Crippen molar-refractivity contribution in [3.8, 4) is 0 Å². The molecular weight excluding hydrogens is 274 g/mol. The molecule has 0 fully saturated rings. The van der Waals surface area contributed by atoms with Crippen LogP contribution in [0.3, 0.4) is 0 Å². The van der Waals surface area contributed by atoms with Crippen LogP contribution in [0.1, 0.15) is 5.01 Å². The molecule has 0 saturated heterocycles. The van der Waals surface area contributed by atoms with Gasteiger partial charge < -0.3 is 9.66 Å². The number of hydrogen-bond donors (Lipinski definition) is 1. The van der Waals surface area contributed by atoms with Crippen molar-refractivity contribution in [2.24, 2.45) is 0 Å². The van der Waals surface area contributed by atoms with Crippen LogP contribution in [0.15, 0.2) is 24.3 Å². The van der Waals surface area contributed by atoms with Gasteiger partial charge in [0.15, 0.2) is 6.54 Å².